The molecule has 106 valence electrons. The summed E-state index contributed by atoms with van der Waals surface area (Å²) in [6.07, 6.45) is 6.14. The van der Waals surface area contributed by atoms with Crippen LogP contribution in [0.4, 0.5) is 4.39 Å². The topological polar surface area (TPSA) is 32.3 Å². The van der Waals surface area contributed by atoms with Gasteiger partial charge in [0.15, 0.2) is 0 Å². The molecule has 0 spiro atoms. The molecule has 1 aliphatic rings. The largest absolute Gasteiger partial charge is 0.508 e. The Kier molecular flexibility index (Phi) is 4.81. The quantitative estimate of drug-likeness (QED) is 0.805. The molecule has 19 heavy (non-hydrogen) atoms. The zero-order valence-corrected chi connectivity index (χ0v) is 11.8. The lowest BCUT2D eigenvalue weighted by Gasteiger charge is -2.23. The lowest BCUT2D eigenvalue weighted by molar-refractivity contribution is 0.393. The number of rotatable bonds is 3. The van der Waals surface area contributed by atoms with Gasteiger partial charge in [-0.25, -0.2) is 4.39 Å². The van der Waals surface area contributed by atoms with Crippen LogP contribution in [0, 0.1) is 11.7 Å². The summed E-state index contributed by atoms with van der Waals surface area (Å²) in [5.41, 5.74) is 0.650. The number of phenols is 1. The average molecular weight is 265 g/mol. The van der Waals surface area contributed by atoms with Gasteiger partial charge in [-0.2, -0.15) is 0 Å². The first-order valence-corrected chi connectivity index (χ1v) is 7.30. The molecule has 1 aromatic rings. The molecule has 3 atom stereocenters. The normalized spacial score (nSPS) is 25.8. The van der Waals surface area contributed by atoms with E-state index in [4.69, 9.17) is 0 Å². The van der Waals surface area contributed by atoms with Gasteiger partial charge in [-0.1, -0.05) is 19.8 Å². The van der Waals surface area contributed by atoms with E-state index in [-0.39, 0.29) is 17.6 Å². The van der Waals surface area contributed by atoms with Crippen molar-refractivity contribution in [3.05, 3.63) is 29.6 Å². The lowest BCUT2D eigenvalue weighted by atomic mass is 10.0. The van der Waals surface area contributed by atoms with Crippen molar-refractivity contribution >= 4 is 0 Å². The van der Waals surface area contributed by atoms with E-state index in [1.807, 2.05) is 6.92 Å². The minimum atomic E-state index is -0.295. The van der Waals surface area contributed by atoms with Crippen molar-refractivity contribution in [2.75, 3.05) is 0 Å². The van der Waals surface area contributed by atoms with E-state index >= 15 is 0 Å². The maximum absolute atomic E-state index is 13.3. The molecule has 0 radical (unpaired) electrons. The molecule has 0 amide bonds. The molecule has 2 N–H and O–H groups in total. The highest BCUT2D eigenvalue weighted by atomic mass is 19.1. The zero-order valence-electron chi connectivity index (χ0n) is 11.8. The average Bonchev–Trinajstić information content (AvgIpc) is 2.57. The summed E-state index contributed by atoms with van der Waals surface area (Å²) in [6, 6.07) is 4.60. The Bertz CT molecular complexity index is 421. The third kappa shape index (κ3) is 3.93. The highest BCUT2D eigenvalue weighted by Gasteiger charge is 2.19. The molecule has 0 saturated heterocycles. The lowest BCUT2D eigenvalue weighted by Crippen LogP contribution is -2.31. The van der Waals surface area contributed by atoms with Crippen LogP contribution >= 0.6 is 0 Å². The Balaban J connectivity index is 2.00. The van der Waals surface area contributed by atoms with E-state index in [1.54, 1.807) is 0 Å². The van der Waals surface area contributed by atoms with Crippen molar-refractivity contribution in [2.45, 2.75) is 58.0 Å². The zero-order chi connectivity index (χ0) is 13.8. The number of benzene rings is 1. The van der Waals surface area contributed by atoms with Crippen LogP contribution in [-0.2, 0) is 0 Å². The standard InChI is InChI=1S/C16H24FNO/c1-11-4-3-5-14(8-6-11)18-12(2)15-10-13(17)7-9-16(15)19/h7,9-12,14,18-19H,3-6,8H2,1-2H3. The highest BCUT2D eigenvalue weighted by Crippen LogP contribution is 2.28. The van der Waals surface area contributed by atoms with Crippen LogP contribution in [0.3, 0.4) is 0 Å². The van der Waals surface area contributed by atoms with Crippen LogP contribution in [0.2, 0.25) is 0 Å². The number of hydrogen-bond acceptors (Lipinski definition) is 2. The Morgan fingerprint density at radius 2 is 2.05 bits per heavy atom. The summed E-state index contributed by atoms with van der Waals surface area (Å²) in [6.45, 7) is 4.30. The molecule has 0 bridgehead atoms. The molecule has 1 aromatic carbocycles. The SMILES string of the molecule is CC1CCCC(NC(C)c2cc(F)ccc2O)CC1. The van der Waals surface area contributed by atoms with Crippen LogP contribution in [-0.4, -0.2) is 11.1 Å². The van der Waals surface area contributed by atoms with Gasteiger partial charge in [0.05, 0.1) is 0 Å². The van der Waals surface area contributed by atoms with Gasteiger partial charge in [0.1, 0.15) is 11.6 Å². The molecular weight excluding hydrogens is 241 g/mol. The van der Waals surface area contributed by atoms with Crippen molar-refractivity contribution in [3.63, 3.8) is 0 Å². The van der Waals surface area contributed by atoms with E-state index in [0.717, 1.165) is 5.92 Å². The molecule has 0 aromatic heterocycles. The Morgan fingerprint density at radius 3 is 2.84 bits per heavy atom. The maximum Gasteiger partial charge on any atom is 0.123 e. The van der Waals surface area contributed by atoms with E-state index < -0.39 is 0 Å². The second-order valence-electron chi connectivity index (χ2n) is 5.90. The number of hydrogen-bond donors (Lipinski definition) is 2. The molecule has 1 fully saturated rings. The summed E-state index contributed by atoms with van der Waals surface area (Å²) in [5.74, 6) is 0.684. The third-order valence-electron chi connectivity index (χ3n) is 4.20. The van der Waals surface area contributed by atoms with Crippen molar-refractivity contribution in [1.82, 2.24) is 5.32 Å². The van der Waals surface area contributed by atoms with Gasteiger partial charge in [-0.3, -0.25) is 0 Å². The monoisotopic (exact) mass is 265 g/mol. The predicted molar refractivity (Wildman–Crippen MR) is 75.7 cm³/mol. The van der Waals surface area contributed by atoms with Crippen LogP contribution in [0.5, 0.6) is 5.75 Å². The molecule has 0 heterocycles. The molecule has 3 heteroatoms. The van der Waals surface area contributed by atoms with Crippen molar-refractivity contribution in [1.29, 1.82) is 0 Å². The van der Waals surface area contributed by atoms with Crippen LogP contribution in [0.15, 0.2) is 18.2 Å². The number of aromatic hydroxyl groups is 1. The molecule has 1 aliphatic carbocycles. The Hall–Kier alpha value is -1.09. The molecule has 1 saturated carbocycles. The van der Waals surface area contributed by atoms with E-state index in [1.165, 1.54) is 50.3 Å². The van der Waals surface area contributed by atoms with E-state index in [0.29, 0.717) is 11.6 Å². The van der Waals surface area contributed by atoms with Gasteiger partial charge in [-0.15, -0.1) is 0 Å². The first-order valence-electron chi connectivity index (χ1n) is 7.30. The highest BCUT2D eigenvalue weighted by molar-refractivity contribution is 5.34. The first-order chi connectivity index (χ1) is 9.06. The van der Waals surface area contributed by atoms with Gasteiger partial charge in [0.2, 0.25) is 0 Å². The van der Waals surface area contributed by atoms with Gasteiger partial charge in [-0.05, 0) is 50.3 Å². The van der Waals surface area contributed by atoms with E-state index in [2.05, 4.69) is 12.2 Å². The minimum Gasteiger partial charge on any atom is -0.508 e. The predicted octanol–water partition coefficient (Wildman–Crippen LogP) is 4.15. The first kappa shape index (κ1) is 14.3. The molecule has 3 unspecified atom stereocenters. The van der Waals surface area contributed by atoms with Gasteiger partial charge >= 0.3 is 0 Å². The van der Waals surface area contributed by atoms with Crippen LogP contribution in [0.25, 0.3) is 0 Å². The number of phenolic OH excluding ortho intramolecular Hbond substituents is 1. The smallest absolute Gasteiger partial charge is 0.123 e. The summed E-state index contributed by atoms with van der Waals surface area (Å²) in [4.78, 5) is 0. The maximum atomic E-state index is 13.3. The summed E-state index contributed by atoms with van der Waals surface area (Å²) in [5, 5.41) is 13.4. The Morgan fingerprint density at radius 1 is 1.26 bits per heavy atom. The second kappa shape index (κ2) is 6.38. The molecule has 0 aliphatic heterocycles. The van der Waals surface area contributed by atoms with Gasteiger partial charge < -0.3 is 10.4 Å². The fourth-order valence-corrected chi connectivity index (χ4v) is 2.97. The van der Waals surface area contributed by atoms with Gasteiger partial charge in [0, 0.05) is 17.6 Å². The van der Waals surface area contributed by atoms with Gasteiger partial charge in [0.25, 0.3) is 0 Å². The molecule has 2 nitrogen and oxygen atoms in total. The van der Waals surface area contributed by atoms with Crippen molar-refractivity contribution in [2.24, 2.45) is 5.92 Å². The summed E-state index contributed by atoms with van der Waals surface area (Å²) < 4.78 is 13.3. The second-order valence-corrected chi connectivity index (χ2v) is 5.90. The number of halogens is 1. The molecule has 2 rings (SSSR count). The van der Waals surface area contributed by atoms with E-state index in [9.17, 15) is 9.50 Å². The molecular formula is C16H24FNO. The van der Waals surface area contributed by atoms with Crippen LogP contribution < -0.4 is 5.32 Å². The van der Waals surface area contributed by atoms with Crippen LogP contribution in [0.1, 0.15) is 57.6 Å². The summed E-state index contributed by atoms with van der Waals surface area (Å²) in [7, 11) is 0. The van der Waals surface area contributed by atoms with Crippen molar-refractivity contribution < 1.29 is 9.50 Å². The van der Waals surface area contributed by atoms with Crippen molar-refractivity contribution in [3.8, 4) is 5.75 Å². The fraction of sp³-hybridized carbons (Fsp3) is 0.625. The number of nitrogens with one attached hydrogen (secondary N) is 1. The fourth-order valence-electron chi connectivity index (χ4n) is 2.97. The summed E-state index contributed by atoms with van der Waals surface area (Å²) >= 11 is 0. The minimum absolute atomic E-state index is 0.0193. The Labute approximate surface area is 115 Å². The third-order valence-corrected chi connectivity index (χ3v) is 4.20.